The summed E-state index contributed by atoms with van der Waals surface area (Å²) in [5.74, 6) is 0. The molecule has 4 nitrogen and oxygen atoms in total. The molecule has 0 bridgehead atoms. The molecule has 0 unspecified atom stereocenters. The molecule has 1 aromatic heterocycles. The zero-order chi connectivity index (χ0) is 15.7. The van der Waals surface area contributed by atoms with Crippen LogP contribution in [-0.4, -0.2) is 13.4 Å². The van der Waals surface area contributed by atoms with Crippen LogP contribution in [0, 0.1) is 0 Å². The Bertz CT molecular complexity index is 761. The van der Waals surface area contributed by atoms with Crippen molar-refractivity contribution in [1.82, 2.24) is 4.98 Å². The van der Waals surface area contributed by atoms with Crippen molar-refractivity contribution in [3.05, 3.63) is 48.3 Å². The van der Waals surface area contributed by atoms with Crippen molar-refractivity contribution in [1.29, 1.82) is 0 Å². The van der Waals surface area contributed by atoms with Crippen molar-refractivity contribution in [2.24, 2.45) is 5.14 Å². The van der Waals surface area contributed by atoms with E-state index in [4.69, 9.17) is 5.14 Å². The molecule has 0 fully saturated rings. The molecule has 0 aliphatic carbocycles. The van der Waals surface area contributed by atoms with E-state index in [9.17, 15) is 21.6 Å². The van der Waals surface area contributed by atoms with E-state index in [1.54, 1.807) is 0 Å². The topological polar surface area (TPSA) is 73.1 Å². The van der Waals surface area contributed by atoms with Crippen LogP contribution in [0.4, 0.5) is 13.2 Å². The summed E-state index contributed by atoms with van der Waals surface area (Å²) >= 11 is 0.872. The lowest BCUT2D eigenvalue weighted by molar-refractivity contribution is -0.137. The molecule has 1 aromatic carbocycles. The molecule has 0 amide bonds. The Balaban J connectivity index is 2.40. The Labute approximate surface area is 123 Å². The van der Waals surface area contributed by atoms with Gasteiger partial charge in [-0.05, 0) is 24.3 Å². The predicted molar refractivity (Wildman–Crippen MR) is 71.2 cm³/mol. The van der Waals surface area contributed by atoms with Gasteiger partial charge in [-0.15, -0.1) is 0 Å². The number of halogens is 3. The highest BCUT2D eigenvalue weighted by atomic mass is 32.2. The van der Waals surface area contributed by atoms with Gasteiger partial charge in [-0.1, -0.05) is 17.8 Å². The van der Waals surface area contributed by atoms with Gasteiger partial charge >= 0.3 is 6.18 Å². The molecule has 21 heavy (non-hydrogen) atoms. The van der Waals surface area contributed by atoms with Crippen LogP contribution in [0.1, 0.15) is 5.56 Å². The lowest BCUT2D eigenvalue weighted by Gasteiger charge is -2.10. The first-order chi connectivity index (χ1) is 9.68. The zero-order valence-corrected chi connectivity index (χ0v) is 12.0. The third-order valence-corrected chi connectivity index (χ3v) is 4.58. The molecule has 0 aliphatic heterocycles. The van der Waals surface area contributed by atoms with Crippen LogP contribution < -0.4 is 5.14 Å². The summed E-state index contributed by atoms with van der Waals surface area (Å²) in [7, 11) is -4.00. The summed E-state index contributed by atoms with van der Waals surface area (Å²) < 4.78 is 60.7. The number of rotatable bonds is 3. The number of nitrogens with two attached hydrogens (primary N) is 1. The van der Waals surface area contributed by atoms with Gasteiger partial charge in [0.15, 0.2) is 0 Å². The fourth-order valence-electron chi connectivity index (χ4n) is 1.53. The number of alkyl halides is 3. The van der Waals surface area contributed by atoms with E-state index >= 15 is 0 Å². The van der Waals surface area contributed by atoms with Crippen LogP contribution in [-0.2, 0) is 16.2 Å². The smallest absolute Gasteiger partial charge is 0.263 e. The van der Waals surface area contributed by atoms with E-state index in [0.29, 0.717) is 0 Å². The molecule has 0 aliphatic rings. The van der Waals surface area contributed by atoms with Gasteiger partial charge in [0.1, 0.15) is 4.90 Å². The molecule has 1 heterocycles. The molecule has 0 spiro atoms. The summed E-state index contributed by atoms with van der Waals surface area (Å²) in [6.45, 7) is 0. The van der Waals surface area contributed by atoms with Gasteiger partial charge < -0.3 is 0 Å². The Morgan fingerprint density at radius 3 is 2.52 bits per heavy atom. The van der Waals surface area contributed by atoms with Crippen molar-refractivity contribution in [2.75, 3.05) is 0 Å². The maximum Gasteiger partial charge on any atom is 0.416 e. The van der Waals surface area contributed by atoms with E-state index < -0.39 is 21.8 Å². The van der Waals surface area contributed by atoms with E-state index in [0.717, 1.165) is 30.1 Å². The van der Waals surface area contributed by atoms with E-state index in [2.05, 4.69) is 4.98 Å². The van der Waals surface area contributed by atoms with Gasteiger partial charge in [0.2, 0.25) is 10.0 Å². The van der Waals surface area contributed by atoms with E-state index in [1.165, 1.54) is 24.4 Å². The number of nitrogens with zero attached hydrogens (tertiary/aromatic N) is 1. The van der Waals surface area contributed by atoms with Crippen LogP contribution in [0.15, 0.2) is 57.4 Å². The number of hydrogen-bond acceptors (Lipinski definition) is 4. The first-order valence-corrected chi connectivity index (χ1v) is 7.86. The fraction of sp³-hybridized carbons (Fsp3) is 0.0833. The Morgan fingerprint density at radius 1 is 1.19 bits per heavy atom. The van der Waals surface area contributed by atoms with Gasteiger partial charge in [0, 0.05) is 22.2 Å². The molecule has 0 radical (unpaired) electrons. The maximum atomic E-state index is 12.6. The van der Waals surface area contributed by atoms with Crippen molar-refractivity contribution < 1.29 is 21.6 Å². The highest BCUT2D eigenvalue weighted by Gasteiger charge is 2.30. The number of benzene rings is 1. The van der Waals surface area contributed by atoms with Gasteiger partial charge in [-0.3, -0.25) is 4.98 Å². The van der Waals surface area contributed by atoms with E-state index in [-0.39, 0.29) is 14.7 Å². The molecule has 2 N–H and O–H groups in total. The SMILES string of the molecule is NS(=O)(=O)c1cnccc1Sc1cccc(C(F)(F)F)c1. The van der Waals surface area contributed by atoms with Gasteiger partial charge in [0.05, 0.1) is 5.56 Å². The third kappa shape index (κ3) is 3.96. The minimum Gasteiger partial charge on any atom is -0.263 e. The standard InChI is InChI=1S/C12H9F3N2O2S2/c13-12(14,15)8-2-1-3-9(6-8)20-10-4-5-17-7-11(10)21(16,18)19/h1-7H,(H2,16,18,19). The maximum absolute atomic E-state index is 12.6. The summed E-state index contributed by atoms with van der Waals surface area (Å²) in [4.78, 5) is 3.89. The molecule has 0 saturated heterocycles. The number of sulfonamides is 1. The van der Waals surface area contributed by atoms with Crippen molar-refractivity contribution in [3.63, 3.8) is 0 Å². The van der Waals surface area contributed by atoms with Crippen molar-refractivity contribution in [2.45, 2.75) is 20.9 Å². The fourth-order valence-corrected chi connectivity index (χ4v) is 3.43. The number of primary sulfonamides is 1. The predicted octanol–water partition coefficient (Wildman–Crippen LogP) is 2.90. The molecular formula is C12H9F3N2O2S2. The van der Waals surface area contributed by atoms with Gasteiger partial charge in [-0.2, -0.15) is 13.2 Å². The normalized spacial score (nSPS) is 12.4. The van der Waals surface area contributed by atoms with Crippen LogP contribution in [0.2, 0.25) is 0 Å². The average Bonchev–Trinajstić information content (AvgIpc) is 2.37. The molecule has 9 heteroatoms. The quantitative estimate of drug-likeness (QED) is 0.937. The summed E-state index contributed by atoms with van der Waals surface area (Å²) in [6, 6.07) is 5.97. The summed E-state index contributed by atoms with van der Waals surface area (Å²) in [5, 5.41) is 5.05. The molecular weight excluding hydrogens is 325 g/mol. The second-order valence-corrected chi connectivity index (χ2v) is 6.64. The molecule has 2 aromatic rings. The summed E-state index contributed by atoms with van der Waals surface area (Å²) in [5.41, 5.74) is -0.807. The minimum atomic E-state index is -4.46. The van der Waals surface area contributed by atoms with Gasteiger partial charge in [-0.25, -0.2) is 13.6 Å². The number of hydrogen-bond donors (Lipinski definition) is 1. The average molecular weight is 334 g/mol. The van der Waals surface area contributed by atoms with Crippen LogP contribution >= 0.6 is 11.8 Å². The van der Waals surface area contributed by atoms with Crippen LogP contribution in [0.25, 0.3) is 0 Å². The third-order valence-electron chi connectivity index (χ3n) is 2.44. The number of aromatic nitrogens is 1. The second kappa shape index (κ2) is 5.66. The number of pyridine rings is 1. The largest absolute Gasteiger partial charge is 0.416 e. The van der Waals surface area contributed by atoms with E-state index in [1.807, 2.05) is 0 Å². The zero-order valence-electron chi connectivity index (χ0n) is 10.3. The molecule has 2 rings (SSSR count). The molecule has 0 atom stereocenters. The molecule has 0 saturated carbocycles. The Hall–Kier alpha value is -1.58. The highest BCUT2D eigenvalue weighted by molar-refractivity contribution is 8.00. The monoisotopic (exact) mass is 334 g/mol. The lowest BCUT2D eigenvalue weighted by atomic mass is 10.2. The van der Waals surface area contributed by atoms with Gasteiger partial charge in [0.25, 0.3) is 0 Å². The second-order valence-electron chi connectivity index (χ2n) is 4.00. The first kappa shape index (κ1) is 15.8. The van der Waals surface area contributed by atoms with Crippen LogP contribution in [0.5, 0.6) is 0 Å². The molecule has 112 valence electrons. The van der Waals surface area contributed by atoms with Crippen molar-refractivity contribution in [3.8, 4) is 0 Å². The summed E-state index contributed by atoms with van der Waals surface area (Å²) in [6.07, 6.45) is -2.06. The Kier molecular flexibility index (Phi) is 4.26. The Morgan fingerprint density at radius 2 is 1.90 bits per heavy atom. The highest BCUT2D eigenvalue weighted by Crippen LogP contribution is 2.36. The van der Waals surface area contributed by atoms with Crippen molar-refractivity contribution >= 4 is 21.8 Å². The first-order valence-electron chi connectivity index (χ1n) is 5.50. The lowest BCUT2D eigenvalue weighted by Crippen LogP contribution is -2.13. The minimum absolute atomic E-state index is 0.215. The van der Waals surface area contributed by atoms with Crippen LogP contribution in [0.3, 0.4) is 0 Å².